The zero-order valence-corrected chi connectivity index (χ0v) is 17.9. The summed E-state index contributed by atoms with van der Waals surface area (Å²) in [5.41, 5.74) is 10.9. The molecular weight excluding hydrogens is 402 g/mol. The van der Waals surface area contributed by atoms with Crippen LogP contribution in [0.5, 0.6) is 0 Å². The van der Waals surface area contributed by atoms with Gasteiger partial charge in [-0.15, -0.1) is 10.2 Å². The van der Waals surface area contributed by atoms with Gasteiger partial charge in [0, 0.05) is 22.9 Å². The van der Waals surface area contributed by atoms with Gasteiger partial charge in [-0.05, 0) is 24.1 Å². The molecule has 0 amide bonds. The summed E-state index contributed by atoms with van der Waals surface area (Å²) >= 11 is 1.71. The normalized spacial score (nSPS) is 15.2. The number of thioether (sulfide) groups is 1. The highest BCUT2D eigenvalue weighted by molar-refractivity contribution is 7.99. The van der Waals surface area contributed by atoms with Gasteiger partial charge in [0.25, 0.3) is 0 Å². The van der Waals surface area contributed by atoms with E-state index in [0.29, 0.717) is 0 Å². The van der Waals surface area contributed by atoms with Crippen molar-refractivity contribution in [1.82, 2.24) is 19.9 Å². The number of hydrogen-bond donors (Lipinski definition) is 2. The molecule has 0 saturated heterocycles. The third kappa shape index (κ3) is 3.20. The van der Waals surface area contributed by atoms with Gasteiger partial charge in [0.1, 0.15) is 5.37 Å². The molecule has 0 fully saturated rings. The molecule has 6 rings (SSSR count). The van der Waals surface area contributed by atoms with Crippen LogP contribution in [0.4, 0.5) is 0 Å². The first-order chi connectivity index (χ1) is 15.3. The van der Waals surface area contributed by atoms with E-state index >= 15 is 0 Å². The highest BCUT2D eigenvalue weighted by Gasteiger charge is 2.31. The molecule has 0 aliphatic carbocycles. The van der Waals surface area contributed by atoms with Crippen molar-refractivity contribution in [2.24, 2.45) is 0 Å². The van der Waals surface area contributed by atoms with E-state index < -0.39 is 0 Å². The summed E-state index contributed by atoms with van der Waals surface area (Å²) in [6.45, 7) is 2.12. The smallest absolute Gasteiger partial charge is 0.212 e. The maximum absolute atomic E-state index is 4.45. The Morgan fingerprint density at radius 2 is 1.68 bits per heavy atom. The second-order valence-corrected chi connectivity index (χ2v) is 8.92. The first-order valence-corrected chi connectivity index (χ1v) is 11.2. The van der Waals surface area contributed by atoms with Crippen molar-refractivity contribution in [2.45, 2.75) is 23.9 Å². The van der Waals surface area contributed by atoms with Crippen LogP contribution in [0.15, 0.2) is 84.0 Å². The molecule has 5 nitrogen and oxygen atoms in total. The predicted molar refractivity (Wildman–Crippen MR) is 126 cm³/mol. The Morgan fingerprint density at radius 1 is 0.903 bits per heavy atom. The molecule has 31 heavy (non-hydrogen) atoms. The van der Waals surface area contributed by atoms with E-state index in [9.17, 15) is 0 Å². The molecule has 2 N–H and O–H groups in total. The minimum Gasteiger partial charge on any atom is -0.354 e. The fraction of sp³-hybridized carbons (Fsp3) is 0.120. The Labute approximate surface area is 184 Å². The Balaban J connectivity index is 1.40. The fourth-order valence-electron chi connectivity index (χ4n) is 4.16. The maximum atomic E-state index is 4.45. The summed E-state index contributed by atoms with van der Waals surface area (Å²) in [7, 11) is 0. The first kappa shape index (κ1) is 18.3. The van der Waals surface area contributed by atoms with E-state index in [0.717, 1.165) is 28.6 Å². The topological polar surface area (TPSA) is 58.5 Å². The molecule has 3 heterocycles. The number of benzene rings is 3. The van der Waals surface area contributed by atoms with Gasteiger partial charge >= 0.3 is 0 Å². The van der Waals surface area contributed by atoms with Crippen LogP contribution in [0.3, 0.4) is 0 Å². The summed E-state index contributed by atoms with van der Waals surface area (Å²) in [6.07, 6.45) is 0.743. The molecule has 0 spiro atoms. The lowest BCUT2D eigenvalue weighted by atomic mass is 10.0. The number of rotatable bonds is 4. The molecular formula is C25H21N5S. The average molecular weight is 424 g/mol. The Bertz CT molecular complexity index is 1370. The summed E-state index contributed by atoms with van der Waals surface area (Å²) in [5, 5.41) is 11.0. The van der Waals surface area contributed by atoms with E-state index in [1.54, 1.807) is 11.8 Å². The third-order valence-electron chi connectivity index (χ3n) is 5.72. The molecule has 1 unspecified atom stereocenters. The number of para-hydroxylation sites is 1. The highest BCUT2D eigenvalue weighted by atomic mass is 32.2. The molecule has 152 valence electrons. The van der Waals surface area contributed by atoms with Crippen molar-refractivity contribution < 1.29 is 0 Å². The van der Waals surface area contributed by atoms with Crippen LogP contribution in [0.2, 0.25) is 0 Å². The van der Waals surface area contributed by atoms with Gasteiger partial charge in [-0.1, -0.05) is 90.1 Å². The van der Waals surface area contributed by atoms with Crippen LogP contribution in [0.25, 0.3) is 22.2 Å². The van der Waals surface area contributed by atoms with Gasteiger partial charge in [-0.25, -0.2) is 4.68 Å². The van der Waals surface area contributed by atoms with Crippen LogP contribution in [0.1, 0.15) is 27.9 Å². The molecule has 0 radical (unpaired) electrons. The number of aryl methyl sites for hydroxylation is 1. The second kappa shape index (κ2) is 7.32. The van der Waals surface area contributed by atoms with Crippen molar-refractivity contribution in [3.63, 3.8) is 0 Å². The number of aromatic nitrogens is 4. The van der Waals surface area contributed by atoms with Gasteiger partial charge in [0.2, 0.25) is 5.16 Å². The zero-order chi connectivity index (χ0) is 20.8. The van der Waals surface area contributed by atoms with Crippen LogP contribution in [-0.2, 0) is 6.42 Å². The van der Waals surface area contributed by atoms with Crippen molar-refractivity contribution in [3.8, 4) is 11.3 Å². The number of H-pyrrole nitrogens is 1. The maximum Gasteiger partial charge on any atom is 0.212 e. The quantitative estimate of drug-likeness (QED) is 0.391. The van der Waals surface area contributed by atoms with E-state index in [1.165, 1.54) is 27.6 Å². The Hall–Kier alpha value is -3.51. The number of aromatic amines is 1. The Kier molecular flexibility index (Phi) is 4.32. The van der Waals surface area contributed by atoms with Crippen molar-refractivity contribution in [1.29, 1.82) is 0 Å². The number of nitrogens with one attached hydrogen (secondary N) is 2. The summed E-state index contributed by atoms with van der Waals surface area (Å²) < 4.78 is 2.04. The second-order valence-electron chi connectivity index (χ2n) is 7.85. The molecule has 1 aliphatic rings. The molecule has 0 bridgehead atoms. The molecule has 1 aliphatic heterocycles. The van der Waals surface area contributed by atoms with Gasteiger partial charge in [-0.2, -0.15) is 0 Å². The number of nitrogens with zero attached hydrogens (tertiary/aromatic N) is 3. The van der Waals surface area contributed by atoms with Crippen molar-refractivity contribution in [2.75, 3.05) is 5.43 Å². The lowest BCUT2D eigenvalue weighted by Crippen LogP contribution is -2.16. The SMILES string of the molecule is Cc1ccc(-c2[nH]c3ccccc3c2C2Nn3c(Cc4ccccc4)nnc3S2)cc1. The third-order valence-corrected chi connectivity index (χ3v) is 6.78. The molecule has 2 aromatic heterocycles. The standard InChI is InChI=1S/C25H21N5S/c1-16-11-13-18(14-12-16)23-22(19-9-5-6-10-20(19)26-23)24-29-30-21(27-28-25(30)31-24)15-17-7-3-2-4-8-17/h2-14,24,26,29H,15H2,1H3. The lowest BCUT2D eigenvalue weighted by molar-refractivity contribution is 0.748. The van der Waals surface area contributed by atoms with Crippen LogP contribution in [0, 0.1) is 6.92 Å². The molecule has 0 saturated carbocycles. The minimum absolute atomic E-state index is 0.0486. The highest BCUT2D eigenvalue weighted by Crippen LogP contribution is 2.45. The van der Waals surface area contributed by atoms with E-state index in [2.05, 4.69) is 100 Å². The molecule has 1 atom stereocenters. The van der Waals surface area contributed by atoms with Crippen molar-refractivity contribution >= 4 is 22.7 Å². The van der Waals surface area contributed by atoms with Crippen LogP contribution in [-0.4, -0.2) is 19.9 Å². The van der Waals surface area contributed by atoms with E-state index in [-0.39, 0.29) is 5.37 Å². The van der Waals surface area contributed by atoms with E-state index in [1.807, 2.05) is 10.7 Å². The van der Waals surface area contributed by atoms with Gasteiger partial charge < -0.3 is 10.4 Å². The lowest BCUT2D eigenvalue weighted by Gasteiger charge is -2.14. The molecule has 5 aromatic rings. The first-order valence-electron chi connectivity index (χ1n) is 10.4. The van der Waals surface area contributed by atoms with Crippen LogP contribution >= 0.6 is 11.8 Å². The average Bonchev–Trinajstić information content (AvgIpc) is 3.48. The number of fused-ring (bicyclic) bond motifs is 2. The largest absolute Gasteiger partial charge is 0.354 e. The summed E-state index contributed by atoms with van der Waals surface area (Å²) in [5.74, 6) is 0.924. The monoisotopic (exact) mass is 423 g/mol. The van der Waals surface area contributed by atoms with Gasteiger partial charge in [0.15, 0.2) is 5.82 Å². The number of hydrogen-bond acceptors (Lipinski definition) is 4. The fourth-order valence-corrected chi connectivity index (χ4v) is 5.24. The van der Waals surface area contributed by atoms with Crippen LogP contribution < -0.4 is 5.43 Å². The zero-order valence-electron chi connectivity index (χ0n) is 17.0. The molecule has 3 aromatic carbocycles. The van der Waals surface area contributed by atoms with Gasteiger partial charge in [0.05, 0.1) is 5.69 Å². The molecule has 6 heteroatoms. The minimum atomic E-state index is 0.0486. The Morgan fingerprint density at radius 3 is 2.52 bits per heavy atom. The van der Waals surface area contributed by atoms with Crippen molar-refractivity contribution in [3.05, 3.63) is 101 Å². The van der Waals surface area contributed by atoms with E-state index in [4.69, 9.17) is 0 Å². The summed E-state index contributed by atoms with van der Waals surface area (Å²) in [6, 6.07) is 27.6. The summed E-state index contributed by atoms with van der Waals surface area (Å²) in [4.78, 5) is 3.65. The predicted octanol–water partition coefficient (Wildman–Crippen LogP) is 5.67. The van der Waals surface area contributed by atoms with Gasteiger partial charge in [-0.3, -0.25) is 0 Å².